The van der Waals surface area contributed by atoms with E-state index in [9.17, 15) is 0 Å². The summed E-state index contributed by atoms with van der Waals surface area (Å²) in [7, 11) is 0. The fraction of sp³-hybridized carbons (Fsp3) is 0.769. The predicted octanol–water partition coefficient (Wildman–Crippen LogP) is 1.43. The van der Waals surface area contributed by atoms with Crippen molar-refractivity contribution < 1.29 is 0 Å². The number of halogens is 1. The molecule has 1 saturated heterocycles. The summed E-state index contributed by atoms with van der Waals surface area (Å²) < 4.78 is 3.52. The minimum atomic E-state index is 1.08. The maximum Gasteiger partial charge on any atom is 0.127 e. The summed E-state index contributed by atoms with van der Waals surface area (Å²) in [5.74, 6) is 1.27. The molecule has 0 aliphatic carbocycles. The molecule has 3 rings (SSSR count). The lowest BCUT2D eigenvalue weighted by atomic mass is 10.1. The molecule has 2 aliphatic rings. The Morgan fingerprint density at radius 1 is 1.17 bits per heavy atom. The van der Waals surface area contributed by atoms with E-state index in [1.807, 2.05) is 0 Å². The molecule has 0 atom stereocenters. The molecule has 0 aromatic carbocycles. The zero-order valence-electron chi connectivity index (χ0n) is 10.8. The minimum absolute atomic E-state index is 1.08. The Morgan fingerprint density at radius 2 is 2.00 bits per heavy atom. The lowest BCUT2D eigenvalue weighted by Crippen LogP contribution is -2.44. The zero-order valence-corrected chi connectivity index (χ0v) is 12.4. The van der Waals surface area contributed by atoms with Crippen LogP contribution in [0.1, 0.15) is 24.4 Å². The third-order valence-corrected chi connectivity index (χ3v) is 4.64. The van der Waals surface area contributed by atoms with Crippen LogP contribution in [-0.4, -0.2) is 47.2 Å². The standard InChI is InChI=1S/C13H21BrN4/c14-13-11-3-1-2-7-18(11)12(16-13)4-8-17-9-5-15-6-10-17/h15H,1-10H2. The summed E-state index contributed by atoms with van der Waals surface area (Å²) in [5, 5.41) is 3.40. The van der Waals surface area contributed by atoms with Gasteiger partial charge < -0.3 is 14.8 Å². The Bertz CT molecular complexity index is 409. The number of imidazole rings is 1. The van der Waals surface area contributed by atoms with Crippen molar-refractivity contribution in [1.82, 2.24) is 19.8 Å². The van der Waals surface area contributed by atoms with Gasteiger partial charge in [0.05, 0.1) is 5.69 Å². The van der Waals surface area contributed by atoms with Crippen molar-refractivity contribution in [2.24, 2.45) is 0 Å². The molecule has 18 heavy (non-hydrogen) atoms. The van der Waals surface area contributed by atoms with Crippen molar-refractivity contribution in [2.75, 3.05) is 32.7 Å². The lowest BCUT2D eigenvalue weighted by Gasteiger charge is -2.27. The number of rotatable bonds is 3. The highest BCUT2D eigenvalue weighted by Gasteiger charge is 2.19. The van der Waals surface area contributed by atoms with Gasteiger partial charge in [-0.3, -0.25) is 0 Å². The summed E-state index contributed by atoms with van der Waals surface area (Å²) >= 11 is 3.61. The number of nitrogens with one attached hydrogen (secondary N) is 1. The van der Waals surface area contributed by atoms with Crippen LogP contribution in [0.15, 0.2) is 4.60 Å². The van der Waals surface area contributed by atoms with Crippen molar-refractivity contribution in [3.8, 4) is 0 Å². The Hall–Kier alpha value is -0.390. The van der Waals surface area contributed by atoms with E-state index >= 15 is 0 Å². The van der Waals surface area contributed by atoms with Crippen LogP contribution < -0.4 is 5.32 Å². The summed E-state index contributed by atoms with van der Waals surface area (Å²) in [4.78, 5) is 7.25. The van der Waals surface area contributed by atoms with Crippen LogP contribution in [0.25, 0.3) is 0 Å². The van der Waals surface area contributed by atoms with Crippen molar-refractivity contribution in [3.63, 3.8) is 0 Å². The van der Waals surface area contributed by atoms with Gasteiger partial charge >= 0.3 is 0 Å². The molecule has 0 radical (unpaired) electrons. The van der Waals surface area contributed by atoms with Crippen LogP contribution in [0.4, 0.5) is 0 Å². The molecule has 1 fully saturated rings. The van der Waals surface area contributed by atoms with E-state index in [4.69, 9.17) is 4.98 Å². The summed E-state index contributed by atoms with van der Waals surface area (Å²) in [6.45, 7) is 6.91. The SMILES string of the molecule is Brc1nc(CCN2CCNCC2)n2c1CCCC2. The maximum atomic E-state index is 4.71. The van der Waals surface area contributed by atoms with Gasteiger partial charge in [0, 0.05) is 45.7 Å². The summed E-state index contributed by atoms with van der Waals surface area (Å²) in [6.07, 6.45) is 4.87. The van der Waals surface area contributed by atoms with Gasteiger partial charge in [0.1, 0.15) is 10.4 Å². The average Bonchev–Trinajstić information content (AvgIpc) is 2.75. The predicted molar refractivity (Wildman–Crippen MR) is 75.9 cm³/mol. The molecule has 1 N–H and O–H groups in total. The van der Waals surface area contributed by atoms with E-state index in [1.54, 1.807) is 0 Å². The smallest absolute Gasteiger partial charge is 0.127 e. The van der Waals surface area contributed by atoms with Gasteiger partial charge in [-0.15, -0.1) is 0 Å². The van der Waals surface area contributed by atoms with E-state index in [0.717, 1.165) is 37.2 Å². The Labute approximate surface area is 117 Å². The van der Waals surface area contributed by atoms with E-state index in [1.165, 1.54) is 43.9 Å². The molecule has 3 heterocycles. The fourth-order valence-electron chi connectivity index (χ4n) is 2.95. The summed E-state index contributed by atoms with van der Waals surface area (Å²) in [5.41, 5.74) is 1.41. The Balaban J connectivity index is 1.65. The minimum Gasteiger partial charge on any atom is -0.331 e. The van der Waals surface area contributed by atoms with Crippen LogP contribution in [0, 0.1) is 0 Å². The van der Waals surface area contributed by atoms with Gasteiger partial charge in [0.2, 0.25) is 0 Å². The number of nitrogens with zero attached hydrogens (tertiary/aromatic N) is 3. The third kappa shape index (κ3) is 2.63. The van der Waals surface area contributed by atoms with Crippen molar-refractivity contribution >= 4 is 15.9 Å². The highest BCUT2D eigenvalue weighted by atomic mass is 79.9. The van der Waals surface area contributed by atoms with Crippen molar-refractivity contribution in [3.05, 3.63) is 16.1 Å². The first kappa shape index (κ1) is 12.6. The van der Waals surface area contributed by atoms with Crippen LogP contribution in [0.2, 0.25) is 0 Å². The van der Waals surface area contributed by atoms with E-state index in [0.29, 0.717) is 0 Å². The first-order valence-electron chi connectivity index (χ1n) is 7.01. The van der Waals surface area contributed by atoms with Crippen LogP contribution in [0.5, 0.6) is 0 Å². The highest BCUT2D eigenvalue weighted by Crippen LogP contribution is 2.25. The Morgan fingerprint density at radius 3 is 2.83 bits per heavy atom. The second-order valence-electron chi connectivity index (χ2n) is 5.22. The summed E-state index contributed by atoms with van der Waals surface area (Å²) in [6, 6.07) is 0. The van der Waals surface area contributed by atoms with E-state index in [-0.39, 0.29) is 0 Å². The Kier molecular flexibility index (Phi) is 4.01. The van der Waals surface area contributed by atoms with Crippen molar-refractivity contribution in [2.45, 2.75) is 32.2 Å². The van der Waals surface area contributed by atoms with E-state index < -0.39 is 0 Å². The molecule has 0 amide bonds. The van der Waals surface area contributed by atoms with Gasteiger partial charge in [0.15, 0.2) is 0 Å². The monoisotopic (exact) mass is 312 g/mol. The number of piperazine rings is 1. The maximum absolute atomic E-state index is 4.71. The molecule has 1 aromatic rings. The quantitative estimate of drug-likeness (QED) is 0.916. The van der Waals surface area contributed by atoms with Crippen molar-refractivity contribution in [1.29, 1.82) is 0 Å². The topological polar surface area (TPSA) is 33.1 Å². The van der Waals surface area contributed by atoms with E-state index in [2.05, 4.69) is 30.7 Å². The molecular formula is C13H21BrN4. The average molecular weight is 313 g/mol. The molecule has 0 unspecified atom stereocenters. The molecule has 2 aliphatic heterocycles. The largest absolute Gasteiger partial charge is 0.331 e. The molecule has 0 spiro atoms. The number of aromatic nitrogens is 2. The molecule has 4 nitrogen and oxygen atoms in total. The van der Waals surface area contributed by atoms with Gasteiger partial charge in [-0.05, 0) is 35.2 Å². The molecule has 100 valence electrons. The molecule has 1 aromatic heterocycles. The van der Waals surface area contributed by atoms with Crippen LogP contribution in [-0.2, 0) is 19.4 Å². The first-order chi connectivity index (χ1) is 8.84. The second kappa shape index (κ2) is 5.72. The number of hydrogen-bond donors (Lipinski definition) is 1. The normalized spacial score (nSPS) is 20.9. The van der Waals surface area contributed by atoms with Crippen LogP contribution >= 0.6 is 15.9 Å². The molecule has 0 bridgehead atoms. The van der Waals surface area contributed by atoms with Gasteiger partial charge in [-0.25, -0.2) is 4.98 Å². The van der Waals surface area contributed by atoms with Crippen LogP contribution in [0.3, 0.4) is 0 Å². The van der Waals surface area contributed by atoms with Gasteiger partial charge in [0.25, 0.3) is 0 Å². The lowest BCUT2D eigenvalue weighted by molar-refractivity contribution is 0.241. The first-order valence-corrected chi connectivity index (χ1v) is 7.81. The molecular weight excluding hydrogens is 292 g/mol. The molecule has 0 saturated carbocycles. The zero-order chi connectivity index (χ0) is 12.4. The van der Waals surface area contributed by atoms with Gasteiger partial charge in [-0.2, -0.15) is 0 Å². The fourth-order valence-corrected chi connectivity index (χ4v) is 3.57. The number of hydrogen-bond acceptors (Lipinski definition) is 3. The highest BCUT2D eigenvalue weighted by molar-refractivity contribution is 9.10. The number of fused-ring (bicyclic) bond motifs is 1. The second-order valence-corrected chi connectivity index (χ2v) is 5.97. The third-order valence-electron chi connectivity index (χ3n) is 4.01. The van der Waals surface area contributed by atoms with Gasteiger partial charge in [-0.1, -0.05) is 0 Å². The molecule has 5 heteroatoms.